The maximum absolute atomic E-state index is 5.87. The molecule has 2 aliphatic carbocycles. The van der Waals surface area contributed by atoms with Gasteiger partial charge in [0.05, 0.1) is 38.8 Å². The highest BCUT2D eigenvalue weighted by atomic mass is 16.7. The Morgan fingerprint density at radius 1 is 0.531 bits per heavy atom. The molecule has 11 rings (SSSR count). The van der Waals surface area contributed by atoms with Gasteiger partial charge in [0.15, 0.2) is 6.29 Å². The fourth-order valence-corrected chi connectivity index (χ4v) is 8.74. The normalized spacial score (nSPS) is 36.3. The summed E-state index contributed by atoms with van der Waals surface area (Å²) in [6, 6.07) is 8.24. The first-order valence-corrected chi connectivity index (χ1v) is 19.2. The molecule has 49 heavy (non-hydrogen) atoms. The van der Waals surface area contributed by atoms with Crippen LogP contribution in [0.25, 0.3) is 0 Å². The van der Waals surface area contributed by atoms with Crippen LogP contribution in [0.2, 0.25) is 0 Å². The summed E-state index contributed by atoms with van der Waals surface area (Å²) in [4.78, 5) is 0. The molecule has 10 aliphatic rings. The van der Waals surface area contributed by atoms with Gasteiger partial charge >= 0.3 is 0 Å². The van der Waals surface area contributed by atoms with Crippen LogP contribution in [0.1, 0.15) is 82.6 Å². The number of hydrogen-bond donors (Lipinski definition) is 1. The van der Waals surface area contributed by atoms with E-state index in [0.29, 0.717) is 23.7 Å². The molecule has 9 heteroatoms. The fourth-order valence-electron chi connectivity index (χ4n) is 8.74. The van der Waals surface area contributed by atoms with E-state index in [9.17, 15) is 0 Å². The second-order valence-corrected chi connectivity index (χ2v) is 14.9. The minimum absolute atomic E-state index is 0.0231. The van der Waals surface area contributed by atoms with Gasteiger partial charge < -0.3 is 43.2 Å². The molecule has 5 fully saturated rings. The Kier molecular flexibility index (Phi) is 11.2. The van der Waals surface area contributed by atoms with Crippen molar-refractivity contribution < 1.29 is 37.9 Å². The van der Waals surface area contributed by atoms with Crippen LogP contribution in [0.4, 0.5) is 0 Å². The monoisotopic (exact) mass is 677 g/mol. The number of para-hydroxylation sites is 1. The minimum atomic E-state index is 0.0231. The highest BCUT2D eigenvalue weighted by Crippen LogP contribution is 2.42. The molecule has 0 amide bonds. The summed E-state index contributed by atoms with van der Waals surface area (Å²) in [6.07, 6.45) is 20.1. The Labute approximate surface area is 291 Å². The second-order valence-electron chi connectivity index (χ2n) is 14.9. The van der Waals surface area contributed by atoms with Crippen LogP contribution in [0, 0.1) is 23.7 Å². The van der Waals surface area contributed by atoms with Gasteiger partial charge in [-0.15, -0.1) is 0 Å². The molecule has 1 N–H and O–H groups in total. The van der Waals surface area contributed by atoms with E-state index in [0.717, 1.165) is 90.4 Å². The van der Waals surface area contributed by atoms with E-state index in [1.165, 1.54) is 67.6 Å². The first-order valence-electron chi connectivity index (χ1n) is 19.2. The largest absolute Gasteiger partial charge is 0.469 e. The third-order valence-corrected chi connectivity index (χ3v) is 11.6. The molecule has 8 atom stereocenters. The van der Waals surface area contributed by atoms with Gasteiger partial charge in [-0.2, -0.15) is 0 Å². The Balaban J connectivity index is 0.0000000953. The maximum atomic E-state index is 5.87. The van der Waals surface area contributed by atoms with Crippen LogP contribution >= 0.6 is 0 Å². The lowest BCUT2D eigenvalue weighted by atomic mass is 9.87. The van der Waals surface area contributed by atoms with Gasteiger partial charge in [-0.05, 0) is 93.4 Å². The molecule has 1 aromatic carbocycles. The number of rotatable bonds is 0. The summed E-state index contributed by atoms with van der Waals surface area (Å²) in [5.74, 6) is 5.94. The quantitative estimate of drug-likeness (QED) is 0.294. The lowest BCUT2D eigenvalue weighted by molar-refractivity contribution is -0.121. The molecule has 8 aliphatic heterocycles. The summed E-state index contributed by atoms with van der Waals surface area (Å²) in [7, 11) is 0. The number of fused-ring (bicyclic) bond motifs is 5. The van der Waals surface area contributed by atoms with Crippen LogP contribution in [-0.2, 0) is 39.6 Å². The Hall–Kier alpha value is -2.40. The molecule has 5 saturated heterocycles. The average Bonchev–Trinajstić information content (AvgIpc) is 3.96. The van der Waals surface area contributed by atoms with Crippen molar-refractivity contribution in [1.82, 2.24) is 5.32 Å². The standard InChI is InChI=1S/C11H16O2.C11H14O2.C11H12O2.C7H13NO2/c3*1-2-4-10-8(3-1)7-9-5-6-12-11(9)13-10;1-3-9-7-6(1)5-8-2-4-10-7/h9,11H,1-7H2;1-2,9,11H,3-7H2;1-4,9,11H,5-7H2;6-8H,1-5H2. The number of benzene rings is 1. The minimum Gasteiger partial charge on any atom is -0.469 e. The van der Waals surface area contributed by atoms with E-state index in [2.05, 4.69) is 29.6 Å². The molecule has 0 radical (unpaired) electrons. The van der Waals surface area contributed by atoms with Crippen molar-refractivity contribution in [2.75, 3.05) is 46.1 Å². The van der Waals surface area contributed by atoms with Crippen LogP contribution in [0.3, 0.4) is 0 Å². The molecule has 0 bridgehead atoms. The SMILES string of the molecule is C1=CCC2=C(C1)CC1CCOC1O2.C1CCC2=C(C1)CC1CCOC1O2.C1COC2OCCC2CN1.c1ccc2c(c1)CC1CCOC1O2. The smallest absolute Gasteiger partial charge is 0.203 e. The number of hydrogen-bond acceptors (Lipinski definition) is 9. The first-order chi connectivity index (χ1) is 24.3. The van der Waals surface area contributed by atoms with Crippen molar-refractivity contribution in [2.24, 2.45) is 23.7 Å². The van der Waals surface area contributed by atoms with Gasteiger partial charge in [0.25, 0.3) is 0 Å². The molecular formula is C40H55NO8. The lowest BCUT2D eigenvalue weighted by Gasteiger charge is -2.32. The van der Waals surface area contributed by atoms with Gasteiger partial charge in [-0.25, -0.2) is 0 Å². The number of nitrogens with one attached hydrogen (secondary N) is 1. The van der Waals surface area contributed by atoms with Crippen molar-refractivity contribution in [3.8, 4) is 5.75 Å². The molecule has 0 aromatic heterocycles. The predicted octanol–water partition coefficient (Wildman–Crippen LogP) is 6.92. The van der Waals surface area contributed by atoms with Crippen molar-refractivity contribution in [1.29, 1.82) is 0 Å². The van der Waals surface area contributed by atoms with E-state index >= 15 is 0 Å². The van der Waals surface area contributed by atoms with E-state index in [1.807, 2.05) is 12.1 Å². The number of ether oxygens (including phenoxy) is 8. The van der Waals surface area contributed by atoms with Gasteiger partial charge in [-0.3, -0.25) is 0 Å². The van der Waals surface area contributed by atoms with Crippen molar-refractivity contribution in [2.45, 2.75) is 109 Å². The topological polar surface area (TPSA) is 85.9 Å². The summed E-state index contributed by atoms with van der Waals surface area (Å²) in [5.41, 5.74) is 4.43. The third-order valence-electron chi connectivity index (χ3n) is 11.6. The highest BCUT2D eigenvalue weighted by Gasteiger charge is 2.38. The van der Waals surface area contributed by atoms with Crippen LogP contribution in [0.5, 0.6) is 5.75 Å². The van der Waals surface area contributed by atoms with E-state index in [4.69, 9.17) is 37.9 Å². The van der Waals surface area contributed by atoms with Crippen molar-refractivity contribution >= 4 is 0 Å². The van der Waals surface area contributed by atoms with Crippen LogP contribution in [-0.4, -0.2) is 71.3 Å². The zero-order valence-corrected chi connectivity index (χ0v) is 29.0. The Morgan fingerprint density at radius 3 is 1.96 bits per heavy atom. The maximum Gasteiger partial charge on any atom is 0.203 e. The summed E-state index contributed by atoms with van der Waals surface area (Å²) < 4.78 is 44.8. The molecule has 0 spiro atoms. The Morgan fingerprint density at radius 2 is 1.14 bits per heavy atom. The predicted molar refractivity (Wildman–Crippen MR) is 183 cm³/mol. The van der Waals surface area contributed by atoms with Gasteiger partial charge in [-0.1, -0.05) is 30.4 Å². The second kappa shape index (κ2) is 16.3. The zero-order valence-electron chi connectivity index (χ0n) is 29.0. The molecular weight excluding hydrogens is 622 g/mol. The average molecular weight is 678 g/mol. The van der Waals surface area contributed by atoms with Crippen LogP contribution < -0.4 is 10.1 Å². The zero-order chi connectivity index (χ0) is 32.8. The van der Waals surface area contributed by atoms with E-state index in [-0.39, 0.29) is 25.2 Å². The lowest BCUT2D eigenvalue weighted by Crippen LogP contribution is -2.29. The summed E-state index contributed by atoms with van der Waals surface area (Å²) in [5, 5.41) is 3.31. The Bertz CT molecular complexity index is 1230. The van der Waals surface area contributed by atoms with Crippen molar-refractivity contribution in [3.05, 3.63) is 64.6 Å². The third kappa shape index (κ3) is 8.23. The number of allylic oxidation sites excluding steroid dienone is 5. The molecule has 268 valence electrons. The van der Waals surface area contributed by atoms with Gasteiger partial charge in [0.1, 0.15) is 11.5 Å². The van der Waals surface area contributed by atoms with Crippen LogP contribution in [0.15, 0.2) is 59.1 Å². The molecule has 0 saturated carbocycles. The highest BCUT2D eigenvalue weighted by molar-refractivity contribution is 5.35. The summed E-state index contributed by atoms with van der Waals surface area (Å²) in [6.45, 7) is 6.32. The van der Waals surface area contributed by atoms with E-state index in [1.54, 1.807) is 5.57 Å². The van der Waals surface area contributed by atoms with Gasteiger partial charge in [0, 0.05) is 49.6 Å². The van der Waals surface area contributed by atoms with Gasteiger partial charge in [0.2, 0.25) is 18.9 Å². The van der Waals surface area contributed by atoms with E-state index < -0.39 is 0 Å². The van der Waals surface area contributed by atoms with Crippen molar-refractivity contribution in [3.63, 3.8) is 0 Å². The first kappa shape index (κ1) is 33.7. The fraction of sp³-hybridized carbons (Fsp3) is 0.700. The molecule has 9 nitrogen and oxygen atoms in total. The molecule has 1 aromatic rings. The molecule has 8 unspecified atom stereocenters. The summed E-state index contributed by atoms with van der Waals surface area (Å²) >= 11 is 0. The molecule has 8 heterocycles.